The van der Waals surface area contributed by atoms with Crippen LogP contribution in [0.4, 0.5) is 0 Å². The third-order valence-corrected chi connectivity index (χ3v) is 9.62. The first kappa shape index (κ1) is 17.2. The number of esters is 1. The Morgan fingerprint density at radius 3 is 1.67 bits per heavy atom. The maximum absolute atomic E-state index is 11.1. The van der Waals surface area contributed by atoms with Gasteiger partial charge >= 0.3 is 5.97 Å². The molecule has 0 atom stereocenters. The fourth-order valence-corrected chi connectivity index (χ4v) is 12.4. The van der Waals surface area contributed by atoms with Gasteiger partial charge in [0.2, 0.25) is 0 Å². The lowest BCUT2D eigenvalue weighted by molar-refractivity contribution is -0.136. The number of hydrogen-bond acceptors (Lipinski definition) is 3. The predicted molar refractivity (Wildman–Crippen MR) is 83.2 cm³/mol. The molecule has 0 unspecified atom stereocenters. The highest BCUT2D eigenvalue weighted by Crippen LogP contribution is 2.28. The summed E-state index contributed by atoms with van der Waals surface area (Å²) in [6, 6.07) is 0. The van der Waals surface area contributed by atoms with Crippen molar-refractivity contribution in [1.82, 2.24) is 4.23 Å². The molecule has 0 aliphatic heterocycles. The summed E-state index contributed by atoms with van der Waals surface area (Å²) in [5.74, 6) is 0.375. The van der Waals surface area contributed by atoms with Gasteiger partial charge in [0.05, 0.1) is 5.70 Å². The van der Waals surface area contributed by atoms with Gasteiger partial charge in [0, 0.05) is 6.92 Å². The highest BCUT2D eigenvalue weighted by Gasteiger charge is 2.36. The fraction of sp³-hybridized carbons (Fsp3) is 0.615. The van der Waals surface area contributed by atoms with E-state index in [2.05, 4.69) is 50.1 Å². The second-order valence-electron chi connectivity index (χ2n) is 6.42. The first-order valence-corrected chi connectivity index (χ1v) is 13.1. The van der Waals surface area contributed by atoms with Gasteiger partial charge in [-0.15, -0.1) is 0 Å². The monoisotopic (exact) mass is 285 g/mol. The van der Waals surface area contributed by atoms with Gasteiger partial charge in [0.1, 0.15) is 22.2 Å². The molecule has 0 aliphatic rings. The molecule has 0 N–H and O–H groups in total. The van der Waals surface area contributed by atoms with Crippen molar-refractivity contribution in [3.8, 4) is 0 Å². The minimum absolute atomic E-state index is 0.280. The minimum atomic E-state index is -1.55. The maximum atomic E-state index is 11.1. The van der Waals surface area contributed by atoms with Crippen molar-refractivity contribution < 1.29 is 9.53 Å². The van der Waals surface area contributed by atoms with Crippen LogP contribution in [0, 0.1) is 0 Å². The number of hydrogen-bond donors (Lipinski definition) is 0. The number of rotatable bonds is 5. The summed E-state index contributed by atoms with van der Waals surface area (Å²) in [6.45, 7) is 21.0. The van der Waals surface area contributed by atoms with Crippen LogP contribution in [-0.2, 0) is 9.53 Å². The molecule has 5 heteroatoms. The Morgan fingerprint density at radius 1 is 1.06 bits per heavy atom. The maximum Gasteiger partial charge on any atom is 0.307 e. The van der Waals surface area contributed by atoms with Crippen LogP contribution in [0.3, 0.4) is 0 Å². The molecule has 0 spiro atoms. The van der Waals surface area contributed by atoms with Gasteiger partial charge in [-0.05, 0) is 13.0 Å². The average Bonchev–Trinajstić information content (AvgIpc) is 2.07. The number of ether oxygens (including phenoxy) is 1. The minimum Gasteiger partial charge on any atom is -0.429 e. The van der Waals surface area contributed by atoms with E-state index in [0.29, 0.717) is 5.76 Å². The molecule has 0 aromatic carbocycles. The summed E-state index contributed by atoms with van der Waals surface area (Å²) in [5, 5.41) is 0. The highest BCUT2D eigenvalue weighted by molar-refractivity contribution is 6.90. The third-order valence-electron chi connectivity index (χ3n) is 2.43. The number of allylic oxidation sites excluding steroid dienone is 2. The summed E-state index contributed by atoms with van der Waals surface area (Å²) in [4.78, 5) is 11.1. The third kappa shape index (κ3) is 4.82. The van der Waals surface area contributed by atoms with E-state index in [4.69, 9.17) is 4.74 Å². The van der Waals surface area contributed by atoms with E-state index in [9.17, 15) is 4.79 Å². The smallest absolute Gasteiger partial charge is 0.307 e. The van der Waals surface area contributed by atoms with Crippen molar-refractivity contribution in [1.29, 1.82) is 0 Å². The van der Waals surface area contributed by atoms with Crippen molar-refractivity contribution in [2.24, 2.45) is 0 Å². The molecule has 0 aliphatic carbocycles. The van der Waals surface area contributed by atoms with Crippen LogP contribution in [0.1, 0.15) is 13.8 Å². The molecule has 0 fully saturated rings. The van der Waals surface area contributed by atoms with E-state index >= 15 is 0 Å². The normalized spacial score (nSPS) is 13.8. The molecule has 18 heavy (non-hydrogen) atoms. The summed E-state index contributed by atoms with van der Waals surface area (Å²) in [7, 11) is -3.09. The van der Waals surface area contributed by atoms with Crippen LogP contribution in [0.2, 0.25) is 39.3 Å². The first-order valence-electron chi connectivity index (χ1n) is 6.23. The fourth-order valence-electron chi connectivity index (χ4n) is 2.39. The Bertz CT molecular complexity index is 348. The van der Waals surface area contributed by atoms with Crippen molar-refractivity contribution >= 4 is 22.4 Å². The van der Waals surface area contributed by atoms with Crippen LogP contribution in [0.5, 0.6) is 0 Å². The highest BCUT2D eigenvalue weighted by atomic mass is 28.4. The van der Waals surface area contributed by atoms with Gasteiger partial charge in [-0.3, -0.25) is 4.79 Å². The summed E-state index contributed by atoms with van der Waals surface area (Å²) >= 11 is 0. The quantitative estimate of drug-likeness (QED) is 0.332. The Morgan fingerprint density at radius 2 is 1.44 bits per heavy atom. The van der Waals surface area contributed by atoms with E-state index in [-0.39, 0.29) is 5.97 Å². The SMILES string of the molecule is C=C/C(=C(\C)OC(C)=O)N([Si](C)(C)C)[Si](C)(C)C. The van der Waals surface area contributed by atoms with Crippen LogP contribution in [0.25, 0.3) is 0 Å². The zero-order valence-corrected chi connectivity index (χ0v) is 15.0. The summed E-state index contributed by atoms with van der Waals surface area (Å²) < 4.78 is 7.74. The van der Waals surface area contributed by atoms with E-state index in [1.165, 1.54) is 6.92 Å². The van der Waals surface area contributed by atoms with E-state index < -0.39 is 16.5 Å². The Kier molecular flexibility index (Phi) is 5.62. The lowest BCUT2D eigenvalue weighted by atomic mass is 10.4. The van der Waals surface area contributed by atoms with Crippen molar-refractivity contribution in [2.75, 3.05) is 0 Å². The Labute approximate surface area is 114 Å². The van der Waals surface area contributed by atoms with Gasteiger partial charge in [-0.25, -0.2) is 0 Å². The molecule has 0 aromatic rings. The number of carbonyl (C=O) groups is 1. The van der Waals surface area contributed by atoms with Crippen LogP contribution in [0.15, 0.2) is 24.1 Å². The van der Waals surface area contributed by atoms with Crippen LogP contribution >= 0.6 is 0 Å². The molecule has 0 bridgehead atoms. The average molecular weight is 286 g/mol. The standard InChI is InChI=1S/C13H27NO2Si2/c1-10-13(11(2)16-12(3)15)14(17(4,5)6)18(7,8)9/h10H,1H2,2-9H3/b13-11-. The molecule has 0 heterocycles. The molecule has 0 radical (unpaired) electrons. The summed E-state index contributed by atoms with van der Waals surface area (Å²) in [6.07, 6.45) is 1.81. The zero-order chi connectivity index (χ0) is 14.7. The second kappa shape index (κ2) is 5.88. The second-order valence-corrected chi connectivity index (χ2v) is 16.4. The lowest BCUT2D eigenvalue weighted by Crippen LogP contribution is -2.58. The molecular formula is C13H27NO2Si2. The molecule has 104 valence electrons. The Hall–Kier alpha value is -0.816. The van der Waals surface area contributed by atoms with Crippen LogP contribution < -0.4 is 0 Å². The number of carbonyl (C=O) groups excluding carboxylic acids is 1. The lowest BCUT2D eigenvalue weighted by Gasteiger charge is -2.46. The molecular weight excluding hydrogens is 258 g/mol. The molecule has 3 nitrogen and oxygen atoms in total. The van der Waals surface area contributed by atoms with Gasteiger partial charge in [-0.1, -0.05) is 45.9 Å². The first-order chi connectivity index (χ1) is 7.91. The molecule has 0 rings (SSSR count). The van der Waals surface area contributed by atoms with Gasteiger partial charge < -0.3 is 8.97 Å². The molecule has 0 saturated carbocycles. The molecule has 0 saturated heterocycles. The van der Waals surface area contributed by atoms with E-state index in [1.54, 1.807) is 0 Å². The number of nitrogens with zero attached hydrogens (tertiary/aromatic N) is 1. The van der Waals surface area contributed by atoms with E-state index in [1.807, 2.05) is 13.0 Å². The van der Waals surface area contributed by atoms with Gasteiger partial charge in [0.15, 0.2) is 0 Å². The predicted octanol–water partition coefficient (Wildman–Crippen LogP) is 3.94. The van der Waals surface area contributed by atoms with Gasteiger partial charge in [-0.2, -0.15) is 0 Å². The zero-order valence-electron chi connectivity index (χ0n) is 13.0. The summed E-state index contributed by atoms with van der Waals surface area (Å²) in [5.41, 5.74) is 0.975. The van der Waals surface area contributed by atoms with Crippen molar-refractivity contribution in [3.63, 3.8) is 0 Å². The van der Waals surface area contributed by atoms with Crippen molar-refractivity contribution in [3.05, 3.63) is 24.1 Å². The largest absolute Gasteiger partial charge is 0.429 e. The molecule has 0 amide bonds. The molecule has 0 aromatic heterocycles. The Balaban J connectivity index is 5.72. The van der Waals surface area contributed by atoms with E-state index in [0.717, 1.165) is 5.70 Å². The van der Waals surface area contributed by atoms with Gasteiger partial charge in [0.25, 0.3) is 0 Å². The van der Waals surface area contributed by atoms with Crippen LogP contribution in [-0.4, -0.2) is 26.7 Å². The van der Waals surface area contributed by atoms with Crippen molar-refractivity contribution in [2.45, 2.75) is 53.1 Å². The topological polar surface area (TPSA) is 29.5 Å².